The van der Waals surface area contributed by atoms with Crippen LogP contribution in [0.15, 0.2) is 18.2 Å². The zero-order valence-electron chi connectivity index (χ0n) is 16.5. The molecule has 156 valence electrons. The summed E-state index contributed by atoms with van der Waals surface area (Å²) in [7, 11) is 0. The highest BCUT2D eigenvalue weighted by atomic mass is 32.1. The van der Waals surface area contributed by atoms with Gasteiger partial charge < -0.3 is 20.6 Å². The predicted octanol–water partition coefficient (Wildman–Crippen LogP) is 2.75. The van der Waals surface area contributed by atoms with Crippen LogP contribution < -0.4 is 10.6 Å². The molecule has 4 rings (SSSR count). The largest absolute Gasteiger partial charge is 0.393 e. The first-order valence-electron chi connectivity index (χ1n) is 10.5. The Balaban J connectivity index is 1.29. The summed E-state index contributed by atoms with van der Waals surface area (Å²) < 4.78 is 0.985. The molecule has 2 heterocycles. The lowest BCUT2D eigenvalue weighted by Gasteiger charge is -2.25. The summed E-state index contributed by atoms with van der Waals surface area (Å²) in [5, 5.41) is 16.9. The van der Waals surface area contributed by atoms with Gasteiger partial charge in [-0.1, -0.05) is 11.3 Å². The van der Waals surface area contributed by atoms with Crippen LogP contribution in [-0.4, -0.2) is 58.6 Å². The number of nitrogens with zero attached hydrogens (tertiary/aromatic N) is 2. The van der Waals surface area contributed by atoms with E-state index >= 15 is 0 Å². The highest BCUT2D eigenvalue weighted by Crippen LogP contribution is 2.29. The third-order valence-corrected chi connectivity index (χ3v) is 6.69. The summed E-state index contributed by atoms with van der Waals surface area (Å²) in [6.07, 6.45) is 5.77. The second-order valence-electron chi connectivity index (χ2n) is 7.95. The average Bonchev–Trinajstić information content (AvgIpc) is 3.31. The Hall–Kier alpha value is -2.19. The molecule has 0 unspecified atom stereocenters. The first-order valence-corrected chi connectivity index (χ1v) is 11.3. The first-order chi connectivity index (χ1) is 14.1. The summed E-state index contributed by atoms with van der Waals surface area (Å²) in [4.78, 5) is 30.6. The third kappa shape index (κ3) is 5.05. The van der Waals surface area contributed by atoms with Crippen molar-refractivity contribution in [2.75, 3.05) is 25.0 Å². The standard InChI is InChI=1S/C21H28N4O3S/c26-16-7-5-15(6-8-16)23-21-24-17-9-4-14(13-18(17)29-21)20(28)22-10-2-12-25-11-1-3-19(25)27/h4,9,13,15-16,26H,1-3,5-8,10-12H2,(H,22,28)(H,23,24). The molecule has 8 heteroatoms. The van der Waals surface area contributed by atoms with E-state index in [1.54, 1.807) is 11.3 Å². The lowest BCUT2D eigenvalue weighted by molar-refractivity contribution is -0.127. The molecule has 0 radical (unpaired) electrons. The van der Waals surface area contributed by atoms with Crippen molar-refractivity contribution in [3.63, 3.8) is 0 Å². The third-order valence-electron chi connectivity index (χ3n) is 5.74. The molecule has 29 heavy (non-hydrogen) atoms. The van der Waals surface area contributed by atoms with Gasteiger partial charge in [-0.2, -0.15) is 0 Å². The Bertz CT molecular complexity index is 876. The highest BCUT2D eigenvalue weighted by Gasteiger charge is 2.21. The highest BCUT2D eigenvalue weighted by molar-refractivity contribution is 7.22. The van der Waals surface area contributed by atoms with Gasteiger partial charge in [0.2, 0.25) is 5.91 Å². The molecule has 1 aliphatic carbocycles. The van der Waals surface area contributed by atoms with Crippen molar-refractivity contribution in [1.29, 1.82) is 0 Å². The molecule has 1 saturated carbocycles. The topological polar surface area (TPSA) is 94.6 Å². The molecule has 2 fully saturated rings. The first kappa shape index (κ1) is 20.1. The van der Waals surface area contributed by atoms with Gasteiger partial charge in [-0.05, 0) is 56.7 Å². The summed E-state index contributed by atoms with van der Waals surface area (Å²) in [5.74, 6) is 0.129. The van der Waals surface area contributed by atoms with Gasteiger partial charge in [0.15, 0.2) is 5.13 Å². The molecular formula is C21H28N4O3S. The number of aliphatic hydroxyl groups is 1. The quantitative estimate of drug-likeness (QED) is 0.604. The number of hydrogen-bond donors (Lipinski definition) is 3. The van der Waals surface area contributed by atoms with Crippen molar-refractivity contribution in [2.45, 2.75) is 57.1 Å². The maximum atomic E-state index is 12.5. The minimum absolute atomic E-state index is 0.0937. The second kappa shape index (κ2) is 9.09. The van der Waals surface area contributed by atoms with Crippen LogP contribution in [0.1, 0.15) is 55.3 Å². The fourth-order valence-corrected chi connectivity index (χ4v) is 5.02. The van der Waals surface area contributed by atoms with Gasteiger partial charge in [0.05, 0.1) is 16.3 Å². The van der Waals surface area contributed by atoms with Crippen molar-refractivity contribution in [3.8, 4) is 0 Å². The van der Waals surface area contributed by atoms with Crippen LogP contribution >= 0.6 is 11.3 Å². The Morgan fingerprint density at radius 1 is 1.28 bits per heavy atom. The van der Waals surface area contributed by atoms with Crippen LogP contribution in [0.3, 0.4) is 0 Å². The minimum Gasteiger partial charge on any atom is -0.393 e. The number of fused-ring (bicyclic) bond motifs is 1. The molecule has 2 aromatic rings. The molecule has 2 aliphatic rings. The van der Waals surface area contributed by atoms with Gasteiger partial charge in [0, 0.05) is 37.7 Å². The molecule has 2 amide bonds. The van der Waals surface area contributed by atoms with Crippen molar-refractivity contribution in [1.82, 2.24) is 15.2 Å². The van der Waals surface area contributed by atoms with Crippen molar-refractivity contribution >= 4 is 38.5 Å². The van der Waals surface area contributed by atoms with Crippen molar-refractivity contribution < 1.29 is 14.7 Å². The Kier molecular flexibility index (Phi) is 6.30. The van der Waals surface area contributed by atoms with Crippen LogP contribution in [0.25, 0.3) is 10.2 Å². The molecule has 7 nitrogen and oxygen atoms in total. The number of rotatable bonds is 7. The van der Waals surface area contributed by atoms with E-state index in [-0.39, 0.29) is 17.9 Å². The van der Waals surface area contributed by atoms with Crippen LogP contribution in [-0.2, 0) is 4.79 Å². The van der Waals surface area contributed by atoms with E-state index in [4.69, 9.17) is 0 Å². The number of benzene rings is 1. The van der Waals surface area contributed by atoms with Gasteiger partial charge in [0.1, 0.15) is 0 Å². The Morgan fingerprint density at radius 2 is 2.10 bits per heavy atom. The molecule has 1 saturated heterocycles. The van der Waals surface area contributed by atoms with Crippen molar-refractivity contribution in [3.05, 3.63) is 23.8 Å². The molecule has 1 aliphatic heterocycles. The van der Waals surface area contributed by atoms with E-state index in [0.717, 1.165) is 60.4 Å². The number of aliphatic hydroxyl groups excluding tert-OH is 1. The molecule has 1 aromatic carbocycles. The van der Waals surface area contributed by atoms with Gasteiger partial charge in [-0.3, -0.25) is 9.59 Å². The zero-order valence-corrected chi connectivity index (χ0v) is 17.3. The summed E-state index contributed by atoms with van der Waals surface area (Å²) >= 11 is 1.56. The molecular weight excluding hydrogens is 388 g/mol. The molecule has 0 spiro atoms. The van der Waals surface area contributed by atoms with E-state index < -0.39 is 0 Å². The monoisotopic (exact) mass is 416 g/mol. The minimum atomic E-state index is -0.166. The van der Waals surface area contributed by atoms with Gasteiger partial charge in [-0.15, -0.1) is 0 Å². The fourth-order valence-electron chi connectivity index (χ4n) is 4.04. The van der Waals surface area contributed by atoms with E-state index in [2.05, 4.69) is 15.6 Å². The smallest absolute Gasteiger partial charge is 0.251 e. The lowest BCUT2D eigenvalue weighted by Crippen LogP contribution is -2.30. The van der Waals surface area contributed by atoms with Gasteiger partial charge >= 0.3 is 0 Å². The van der Waals surface area contributed by atoms with Crippen LogP contribution in [0.5, 0.6) is 0 Å². The number of aromatic nitrogens is 1. The summed E-state index contributed by atoms with van der Waals surface area (Å²) in [6, 6.07) is 5.94. The average molecular weight is 417 g/mol. The predicted molar refractivity (Wildman–Crippen MR) is 114 cm³/mol. The van der Waals surface area contributed by atoms with Crippen LogP contribution in [0, 0.1) is 0 Å². The number of anilines is 1. The molecule has 0 atom stereocenters. The second-order valence-corrected chi connectivity index (χ2v) is 8.98. The molecule has 0 bridgehead atoms. The van der Waals surface area contributed by atoms with Gasteiger partial charge in [0.25, 0.3) is 5.91 Å². The number of amides is 2. The van der Waals surface area contributed by atoms with Crippen LogP contribution in [0.4, 0.5) is 5.13 Å². The zero-order chi connectivity index (χ0) is 20.2. The number of likely N-dealkylation sites (tertiary alicyclic amines) is 1. The van der Waals surface area contributed by atoms with E-state index in [0.29, 0.717) is 31.1 Å². The number of hydrogen-bond acceptors (Lipinski definition) is 6. The van der Waals surface area contributed by atoms with Crippen LogP contribution in [0.2, 0.25) is 0 Å². The van der Waals surface area contributed by atoms with E-state index in [1.165, 1.54) is 0 Å². The number of nitrogens with one attached hydrogen (secondary N) is 2. The number of thiazole rings is 1. The van der Waals surface area contributed by atoms with Crippen molar-refractivity contribution in [2.24, 2.45) is 0 Å². The lowest BCUT2D eigenvalue weighted by atomic mass is 9.93. The SMILES string of the molecule is O=C(NCCCN1CCCC1=O)c1ccc2nc(NC3CCC(O)CC3)sc2c1. The Labute approximate surface area is 174 Å². The maximum Gasteiger partial charge on any atom is 0.251 e. The maximum absolute atomic E-state index is 12.5. The number of carbonyl (C=O) groups is 2. The summed E-state index contributed by atoms with van der Waals surface area (Å²) in [5.41, 5.74) is 1.52. The van der Waals surface area contributed by atoms with E-state index in [9.17, 15) is 14.7 Å². The van der Waals surface area contributed by atoms with Gasteiger partial charge in [-0.25, -0.2) is 4.98 Å². The molecule has 3 N–H and O–H groups in total. The fraction of sp³-hybridized carbons (Fsp3) is 0.571. The number of carbonyl (C=O) groups excluding carboxylic acids is 2. The normalized spacial score (nSPS) is 22.2. The molecule has 1 aromatic heterocycles. The Morgan fingerprint density at radius 3 is 2.86 bits per heavy atom. The van der Waals surface area contributed by atoms with E-state index in [1.807, 2.05) is 23.1 Å². The summed E-state index contributed by atoms with van der Waals surface area (Å²) in [6.45, 7) is 2.11.